The van der Waals surface area contributed by atoms with Gasteiger partial charge in [-0.3, -0.25) is 4.79 Å². The largest absolute Gasteiger partial charge is 0.504 e. The van der Waals surface area contributed by atoms with Crippen molar-refractivity contribution < 1.29 is 30.3 Å². The van der Waals surface area contributed by atoms with Gasteiger partial charge in [-0.25, -0.2) is 0 Å². The van der Waals surface area contributed by atoms with Crippen LogP contribution in [0, 0.1) is 0 Å². The second-order valence-electron chi connectivity index (χ2n) is 4.93. The van der Waals surface area contributed by atoms with E-state index >= 15 is 0 Å². The molecule has 8 heteroatoms. The summed E-state index contributed by atoms with van der Waals surface area (Å²) in [5, 5.41) is 52.6. The number of carbonyl (C=O) groups is 1. The van der Waals surface area contributed by atoms with Crippen molar-refractivity contribution in [2.75, 3.05) is 13.2 Å². The molecule has 1 aliphatic heterocycles. The standard InChI is InChI=1S/C13H18N2O6/c16-5-8-12(20)11(19)7(15-8)4-14-13(21)6-2-1-3-9(17)10(6)18/h1-3,7-8,11-12,15-20H,4-5H2,(H,14,21)/t7-,8-,11-,12-/m1/s1. The van der Waals surface area contributed by atoms with E-state index in [1.165, 1.54) is 18.2 Å². The zero-order chi connectivity index (χ0) is 15.6. The number of phenols is 2. The Morgan fingerprint density at radius 1 is 1.19 bits per heavy atom. The third-order valence-electron chi connectivity index (χ3n) is 3.54. The van der Waals surface area contributed by atoms with Crippen molar-refractivity contribution in [1.82, 2.24) is 10.6 Å². The minimum absolute atomic E-state index is 0.0113. The SMILES string of the molecule is O=C(NC[C@H]1N[C@H](CO)[C@@H](O)[C@@H]1O)c1cccc(O)c1O. The summed E-state index contributed by atoms with van der Waals surface area (Å²) in [6.07, 6.45) is -2.24. The number of phenolic OH excluding ortho intramolecular Hbond substituents is 2. The molecule has 8 nitrogen and oxygen atoms in total. The third-order valence-corrected chi connectivity index (χ3v) is 3.54. The van der Waals surface area contributed by atoms with Gasteiger partial charge in [-0.2, -0.15) is 0 Å². The molecule has 1 amide bonds. The number of rotatable bonds is 4. The van der Waals surface area contributed by atoms with Crippen LogP contribution < -0.4 is 10.6 Å². The van der Waals surface area contributed by atoms with Gasteiger partial charge >= 0.3 is 0 Å². The van der Waals surface area contributed by atoms with Crippen LogP contribution in [0.3, 0.4) is 0 Å². The smallest absolute Gasteiger partial charge is 0.255 e. The molecule has 116 valence electrons. The fourth-order valence-corrected chi connectivity index (χ4v) is 2.30. The van der Waals surface area contributed by atoms with Gasteiger partial charge in [-0.05, 0) is 12.1 Å². The van der Waals surface area contributed by atoms with Crippen molar-refractivity contribution in [3.8, 4) is 11.5 Å². The number of aromatic hydroxyl groups is 2. The first-order valence-electron chi connectivity index (χ1n) is 6.48. The average Bonchev–Trinajstić information content (AvgIpc) is 2.75. The quantitative estimate of drug-likeness (QED) is 0.315. The molecule has 2 rings (SSSR count). The van der Waals surface area contributed by atoms with Gasteiger partial charge in [0, 0.05) is 6.54 Å². The normalized spacial score (nSPS) is 28.5. The van der Waals surface area contributed by atoms with Crippen molar-refractivity contribution in [2.24, 2.45) is 0 Å². The molecule has 21 heavy (non-hydrogen) atoms. The summed E-state index contributed by atoms with van der Waals surface area (Å²) < 4.78 is 0. The maximum absolute atomic E-state index is 11.9. The fourth-order valence-electron chi connectivity index (χ4n) is 2.30. The zero-order valence-electron chi connectivity index (χ0n) is 11.1. The predicted octanol–water partition coefficient (Wildman–Crippen LogP) is -2.12. The number of para-hydroxylation sites is 1. The predicted molar refractivity (Wildman–Crippen MR) is 71.9 cm³/mol. The molecule has 0 radical (unpaired) electrons. The van der Waals surface area contributed by atoms with Crippen molar-refractivity contribution in [3.05, 3.63) is 23.8 Å². The summed E-state index contributed by atoms with van der Waals surface area (Å²) in [6.45, 7) is -0.349. The van der Waals surface area contributed by atoms with Crippen LogP contribution in [0.5, 0.6) is 11.5 Å². The Balaban J connectivity index is 1.97. The number of amides is 1. The Labute approximate surface area is 120 Å². The molecule has 0 aliphatic carbocycles. The average molecular weight is 298 g/mol. The van der Waals surface area contributed by atoms with E-state index in [1.807, 2.05) is 0 Å². The highest BCUT2D eigenvalue weighted by atomic mass is 16.3. The first kappa shape index (κ1) is 15.5. The van der Waals surface area contributed by atoms with Gasteiger partial charge in [0.25, 0.3) is 5.91 Å². The summed E-state index contributed by atoms with van der Waals surface area (Å²) in [7, 11) is 0. The molecule has 0 saturated carbocycles. The van der Waals surface area contributed by atoms with E-state index in [1.54, 1.807) is 0 Å². The maximum Gasteiger partial charge on any atom is 0.255 e. The van der Waals surface area contributed by atoms with E-state index in [4.69, 9.17) is 5.11 Å². The van der Waals surface area contributed by atoms with E-state index in [-0.39, 0.29) is 18.7 Å². The Bertz CT molecular complexity index is 523. The van der Waals surface area contributed by atoms with E-state index in [0.717, 1.165) is 0 Å². The van der Waals surface area contributed by atoms with Gasteiger partial charge in [0.2, 0.25) is 0 Å². The van der Waals surface area contributed by atoms with Crippen LogP contribution in [0.1, 0.15) is 10.4 Å². The second-order valence-corrected chi connectivity index (χ2v) is 4.93. The number of benzene rings is 1. The number of hydrogen-bond acceptors (Lipinski definition) is 7. The summed E-state index contributed by atoms with van der Waals surface area (Å²) in [4.78, 5) is 11.9. The lowest BCUT2D eigenvalue weighted by molar-refractivity contribution is 0.0197. The molecule has 1 fully saturated rings. The molecule has 7 N–H and O–H groups in total. The third kappa shape index (κ3) is 3.08. The maximum atomic E-state index is 11.9. The van der Waals surface area contributed by atoms with E-state index in [2.05, 4.69) is 10.6 Å². The summed E-state index contributed by atoms with van der Waals surface area (Å²) in [5.41, 5.74) is -0.0956. The topological polar surface area (TPSA) is 142 Å². The lowest BCUT2D eigenvalue weighted by atomic mass is 10.1. The van der Waals surface area contributed by atoms with Crippen LogP contribution >= 0.6 is 0 Å². The number of nitrogens with one attached hydrogen (secondary N) is 2. The molecule has 1 saturated heterocycles. The van der Waals surface area contributed by atoms with Gasteiger partial charge < -0.3 is 36.2 Å². The fraction of sp³-hybridized carbons (Fsp3) is 0.462. The highest BCUT2D eigenvalue weighted by Gasteiger charge is 2.40. The number of aliphatic hydroxyl groups is 3. The van der Waals surface area contributed by atoms with Gasteiger partial charge in [0.15, 0.2) is 11.5 Å². The molecule has 0 unspecified atom stereocenters. The molecule has 4 atom stereocenters. The van der Waals surface area contributed by atoms with Gasteiger partial charge in [0.1, 0.15) is 0 Å². The lowest BCUT2D eigenvalue weighted by Gasteiger charge is -2.16. The molecule has 1 aromatic carbocycles. The van der Waals surface area contributed by atoms with Crippen LogP contribution in [0.15, 0.2) is 18.2 Å². The Morgan fingerprint density at radius 3 is 2.48 bits per heavy atom. The summed E-state index contributed by atoms with van der Waals surface area (Å²) in [5.74, 6) is -1.56. The van der Waals surface area contributed by atoms with E-state index in [0.29, 0.717) is 0 Å². The van der Waals surface area contributed by atoms with Crippen molar-refractivity contribution in [1.29, 1.82) is 0 Å². The molecule has 0 spiro atoms. The molecule has 1 heterocycles. The van der Waals surface area contributed by atoms with Gasteiger partial charge in [0.05, 0.1) is 36.5 Å². The highest BCUT2D eigenvalue weighted by molar-refractivity contribution is 5.97. The first-order chi connectivity index (χ1) is 9.95. The van der Waals surface area contributed by atoms with Crippen LogP contribution in [0.2, 0.25) is 0 Å². The Hall–Kier alpha value is -1.87. The molecular formula is C13H18N2O6. The molecular weight excluding hydrogens is 280 g/mol. The minimum Gasteiger partial charge on any atom is -0.504 e. The monoisotopic (exact) mass is 298 g/mol. The summed E-state index contributed by atoms with van der Waals surface area (Å²) in [6, 6.07) is 2.72. The Kier molecular flexibility index (Phi) is 4.63. The van der Waals surface area contributed by atoms with Gasteiger partial charge in [-0.1, -0.05) is 6.07 Å². The first-order valence-corrected chi connectivity index (χ1v) is 6.48. The number of hydrogen-bond donors (Lipinski definition) is 7. The number of carbonyl (C=O) groups excluding carboxylic acids is 1. The van der Waals surface area contributed by atoms with Crippen molar-refractivity contribution in [3.63, 3.8) is 0 Å². The van der Waals surface area contributed by atoms with Crippen molar-refractivity contribution in [2.45, 2.75) is 24.3 Å². The van der Waals surface area contributed by atoms with Crippen molar-refractivity contribution >= 4 is 5.91 Å². The van der Waals surface area contributed by atoms with Crippen LogP contribution in [-0.4, -0.2) is 68.9 Å². The minimum atomic E-state index is -1.12. The van der Waals surface area contributed by atoms with Crippen LogP contribution in [-0.2, 0) is 0 Å². The molecule has 0 bridgehead atoms. The van der Waals surface area contributed by atoms with E-state index in [9.17, 15) is 25.2 Å². The molecule has 1 aromatic rings. The Morgan fingerprint density at radius 2 is 1.86 bits per heavy atom. The zero-order valence-corrected chi connectivity index (χ0v) is 11.1. The van der Waals surface area contributed by atoms with Crippen LogP contribution in [0.25, 0.3) is 0 Å². The second kappa shape index (κ2) is 6.27. The summed E-state index contributed by atoms with van der Waals surface area (Å²) >= 11 is 0. The number of aliphatic hydroxyl groups excluding tert-OH is 3. The van der Waals surface area contributed by atoms with Crippen LogP contribution in [0.4, 0.5) is 0 Å². The van der Waals surface area contributed by atoms with Gasteiger partial charge in [-0.15, -0.1) is 0 Å². The van der Waals surface area contributed by atoms with E-state index < -0.39 is 41.7 Å². The lowest BCUT2D eigenvalue weighted by Crippen LogP contribution is -2.44. The molecule has 0 aromatic heterocycles. The highest BCUT2D eigenvalue weighted by Crippen LogP contribution is 2.27. The molecule has 1 aliphatic rings.